The highest BCUT2D eigenvalue weighted by Crippen LogP contribution is 2.37. The van der Waals surface area contributed by atoms with Crippen LogP contribution in [0.25, 0.3) is 21.1 Å². The molecule has 1 aliphatic heterocycles. The van der Waals surface area contributed by atoms with Gasteiger partial charge in [0.25, 0.3) is 0 Å². The number of methoxy groups -OCH3 is 1. The van der Waals surface area contributed by atoms with Gasteiger partial charge in [0.2, 0.25) is 0 Å². The number of benzene rings is 2. The molecule has 0 spiro atoms. The summed E-state index contributed by atoms with van der Waals surface area (Å²) in [6, 6.07) is 9.85. The number of anilines is 2. The molecule has 11 heteroatoms. The van der Waals surface area contributed by atoms with E-state index in [4.69, 9.17) is 14.2 Å². The van der Waals surface area contributed by atoms with E-state index in [2.05, 4.69) is 36.2 Å². The number of likely N-dealkylation sites (tertiary alicyclic amines) is 1. The highest BCUT2D eigenvalue weighted by Gasteiger charge is 2.35. The lowest BCUT2D eigenvalue weighted by atomic mass is 10.0. The SMILES string of the molecule is CO[C@@H]1CN(C(=O)OC(C)(C)C)CC[C@H]1Oc1cc(Br)cc2ncnc(Nc3ccc4ncsc4c3)c12. The Morgan fingerprint density at radius 3 is 2.76 bits per heavy atom. The van der Waals surface area contributed by atoms with Crippen LogP contribution in [0.1, 0.15) is 27.2 Å². The summed E-state index contributed by atoms with van der Waals surface area (Å²) >= 11 is 5.17. The van der Waals surface area contributed by atoms with E-state index in [0.717, 1.165) is 31.3 Å². The van der Waals surface area contributed by atoms with Gasteiger partial charge in [-0.05, 0) is 51.1 Å². The molecule has 1 N–H and O–H groups in total. The van der Waals surface area contributed by atoms with Gasteiger partial charge in [-0.1, -0.05) is 15.9 Å². The molecule has 2 atom stereocenters. The van der Waals surface area contributed by atoms with Crippen molar-refractivity contribution in [1.82, 2.24) is 19.9 Å². The molecule has 2 aromatic heterocycles. The predicted octanol–water partition coefficient (Wildman–Crippen LogP) is 6.15. The van der Waals surface area contributed by atoms with Crippen molar-refractivity contribution in [2.24, 2.45) is 0 Å². The topological polar surface area (TPSA) is 98.7 Å². The molecular weight excluding hydrogens is 558 g/mol. The molecule has 3 heterocycles. The Morgan fingerprint density at radius 1 is 1.14 bits per heavy atom. The number of nitrogens with one attached hydrogen (secondary N) is 1. The zero-order valence-electron chi connectivity index (χ0n) is 21.0. The van der Waals surface area contributed by atoms with Gasteiger partial charge in [0.05, 0.1) is 33.2 Å². The quantitative estimate of drug-likeness (QED) is 0.298. The molecule has 5 rings (SSSR count). The molecule has 9 nitrogen and oxygen atoms in total. The molecule has 0 unspecified atom stereocenters. The van der Waals surface area contributed by atoms with Crippen molar-refractivity contribution in [1.29, 1.82) is 0 Å². The van der Waals surface area contributed by atoms with Crippen molar-refractivity contribution in [2.75, 3.05) is 25.5 Å². The van der Waals surface area contributed by atoms with E-state index in [1.807, 2.05) is 56.6 Å². The number of piperidine rings is 1. The first-order valence-corrected chi connectivity index (χ1v) is 13.6. The second-order valence-electron chi connectivity index (χ2n) is 9.83. The summed E-state index contributed by atoms with van der Waals surface area (Å²) in [6.45, 7) is 6.45. The van der Waals surface area contributed by atoms with Crippen molar-refractivity contribution in [3.8, 4) is 5.75 Å². The molecule has 1 amide bonds. The summed E-state index contributed by atoms with van der Waals surface area (Å²) in [4.78, 5) is 27.6. The predicted molar refractivity (Wildman–Crippen MR) is 148 cm³/mol. The van der Waals surface area contributed by atoms with Gasteiger partial charge in [0, 0.05) is 30.2 Å². The van der Waals surface area contributed by atoms with Crippen LogP contribution in [-0.4, -0.2) is 64.0 Å². The van der Waals surface area contributed by atoms with Gasteiger partial charge < -0.3 is 24.4 Å². The first-order valence-electron chi connectivity index (χ1n) is 11.9. The summed E-state index contributed by atoms with van der Waals surface area (Å²) < 4.78 is 19.8. The molecule has 0 aliphatic carbocycles. The van der Waals surface area contributed by atoms with Crippen LogP contribution in [0.5, 0.6) is 5.75 Å². The molecule has 1 aliphatic rings. The monoisotopic (exact) mass is 585 g/mol. The van der Waals surface area contributed by atoms with Crippen LogP contribution in [-0.2, 0) is 9.47 Å². The summed E-state index contributed by atoms with van der Waals surface area (Å²) in [5.74, 6) is 1.26. The van der Waals surface area contributed by atoms with Crippen LogP contribution in [0.4, 0.5) is 16.3 Å². The van der Waals surface area contributed by atoms with E-state index in [1.54, 1.807) is 23.3 Å². The highest BCUT2D eigenvalue weighted by atomic mass is 79.9. The summed E-state index contributed by atoms with van der Waals surface area (Å²) in [6.07, 6.45) is 1.17. The van der Waals surface area contributed by atoms with E-state index in [-0.39, 0.29) is 18.3 Å². The van der Waals surface area contributed by atoms with Crippen LogP contribution < -0.4 is 10.1 Å². The van der Waals surface area contributed by atoms with Crippen LogP contribution in [0.3, 0.4) is 0 Å². The van der Waals surface area contributed by atoms with Gasteiger partial charge in [-0.3, -0.25) is 0 Å². The number of hydrogen-bond donors (Lipinski definition) is 1. The summed E-state index contributed by atoms with van der Waals surface area (Å²) in [5.41, 5.74) is 3.86. The third-order valence-corrected chi connectivity index (χ3v) is 7.24. The Morgan fingerprint density at radius 2 is 1.97 bits per heavy atom. The molecule has 1 fully saturated rings. The van der Waals surface area contributed by atoms with E-state index >= 15 is 0 Å². The maximum atomic E-state index is 12.6. The lowest BCUT2D eigenvalue weighted by Crippen LogP contribution is -2.52. The summed E-state index contributed by atoms with van der Waals surface area (Å²) in [5, 5.41) is 4.19. The van der Waals surface area contributed by atoms with Crippen molar-refractivity contribution < 1.29 is 19.0 Å². The van der Waals surface area contributed by atoms with Crippen molar-refractivity contribution in [2.45, 2.75) is 45.0 Å². The molecule has 37 heavy (non-hydrogen) atoms. The maximum absolute atomic E-state index is 12.6. The first-order chi connectivity index (χ1) is 17.7. The Kier molecular flexibility index (Phi) is 7.19. The number of hydrogen-bond acceptors (Lipinski definition) is 9. The van der Waals surface area contributed by atoms with Crippen molar-refractivity contribution in [3.05, 3.63) is 46.6 Å². The smallest absolute Gasteiger partial charge is 0.410 e. The average Bonchev–Trinajstić information content (AvgIpc) is 3.31. The number of thiazole rings is 1. The van der Waals surface area contributed by atoms with Gasteiger partial charge in [0.15, 0.2) is 0 Å². The third kappa shape index (κ3) is 5.78. The lowest BCUT2D eigenvalue weighted by molar-refractivity contribution is -0.0548. The molecule has 0 radical (unpaired) electrons. The second-order valence-corrected chi connectivity index (χ2v) is 11.6. The standard InChI is InChI=1S/C26H28BrN5O4S/c1-26(2,3)36-25(33)32-8-7-19(21(12-32)34-4)35-20-10-15(27)9-18-23(20)24(29-13-28-18)31-16-5-6-17-22(11-16)37-14-30-17/h5-6,9-11,13-14,19,21H,7-8,12H2,1-4H3,(H,28,29,31)/t19-,21-/m1/s1. The first kappa shape index (κ1) is 25.6. The second kappa shape index (κ2) is 10.4. The fraction of sp³-hybridized carbons (Fsp3) is 0.385. The minimum atomic E-state index is -0.559. The molecule has 0 bridgehead atoms. The van der Waals surface area contributed by atoms with Gasteiger partial charge in [0.1, 0.15) is 35.7 Å². The Bertz CT molecular complexity index is 1440. The Balaban J connectivity index is 1.42. The molecule has 194 valence electrons. The summed E-state index contributed by atoms with van der Waals surface area (Å²) in [7, 11) is 1.63. The number of rotatable bonds is 5. The van der Waals surface area contributed by atoms with Gasteiger partial charge >= 0.3 is 6.09 Å². The van der Waals surface area contributed by atoms with E-state index < -0.39 is 5.60 Å². The van der Waals surface area contributed by atoms with E-state index in [0.29, 0.717) is 31.1 Å². The average molecular weight is 587 g/mol. The molecule has 4 aromatic rings. The fourth-order valence-corrected chi connectivity index (χ4v) is 5.43. The number of aromatic nitrogens is 3. The number of carbonyl (C=O) groups excluding carboxylic acids is 1. The van der Waals surface area contributed by atoms with Gasteiger partial charge in [-0.25, -0.2) is 19.7 Å². The number of carbonyl (C=O) groups is 1. The minimum absolute atomic E-state index is 0.275. The zero-order chi connectivity index (χ0) is 26.2. The van der Waals surface area contributed by atoms with Crippen molar-refractivity contribution >= 4 is 66.0 Å². The fourth-order valence-electron chi connectivity index (χ4n) is 4.29. The number of amides is 1. The van der Waals surface area contributed by atoms with Crippen LogP contribution >= 0.6 is 27.3 Å². The number of nitrogens with zero attached hydrogens (tertiary/aromatic N) is 4. The lowest BCUT2D eigenvalue weighted by Gasteiger charge is -2.38. The molecule has 1 saturated heterocycles. The van der Waals surface area contributed by atoms with E-state index in [1.165, 1.54) is 6.33 Å². The van der Waals surface area contributed by atoms with Crippen molar-refractivity contribution in [3.63, 3.8) is 0 Å². The van der Waals surface area contributed by atoms with Gasteiger partial charge in [-0.15, -0.1) is 11.3 Å². The zero-order valence-corrected chi connectivity index (χ0v) is 23.4. The maximum Gasteiger partial charge on any atom is 0.410 e. The van der Waals surface area contributed by atoms with Gasteiger partial charge in [-0.2, -0.15) is 0 Å². The largest absolute Gasteiger partial charge is 0.487 e. The molecule has 2 aromatic carbocycles. The molecular formula is C26H28BrN5O4S. The Hall–Kier alpha value is -3.02. The van der Waals surface area contributed by atoms with Crippen LogP contribution in [0, 0.1) is 0 Å². The number of halogens is 1. The number of fused-ring (bicyclic) bond motifs is 2. The highest BCUT2D eigenvalue weighted by molar-refractivity contribution is 9.10. The van der Waals surface area contributed by atoms with Crippen LogP contribution in [0.15, 0.2) is 46.6 Å². The normalized spacial score (nSPS) is 18.2. The van der Waals surface area contributed by atoms with Crippen LogP contribution in [0.2, 0.25) is 0 Å². The Labute approximate surface area is 227 Å². The molecule has 0 saturated carbocycles. The van der Waals surface area contributed by atoms with E-state index in [9.17, 15) is 4.79 Å². The number of ether oxygens (including phenoxy) is 3. The minimum Gasteiger partial charge on any atom is -0.487 e. The third-order valence-electron chi connectivity index (χ3n) is 5.99.